The van der Waals surface area contributed by atoms with E-state index in [0.717, 1.165) is 37.8 Å². The van der Waals surface area contributed by atoms with Crippen molar-refractivity contribution >= 4 is 11.8 Å². The summed E-state index contributed by atoms with van der Waals surface area (Å²) in [7, 11) is 0. The van der Waals surface area contributed by atoms with Crippen molar-refractivity contribution in [2.45, 2.75) is 44.6 Å². The third-order valence-corrected chi connectivity index (χ3v) is 4.14. The Labute approximate surface area is 117 Å². The number of aryl methyl sites for hydroxylation is 1. The molecule has 6 heteroatoms. The Morgan fingerprint density at radius 1 is 1.45 bits per heavy atom. The zero-order chi connectivity index (χ0) is 13.9. The average Bonchev–Trinajstić information content (AvgIpc) is 2.89. The van der Waals surface area contributed by atoms with Gasteiger partial charge in [0.1, 0.15) is 0 Å². The summed E-state index contributed by atoms with van der Waals surface area (Å²) in [5.74, 6) is 0.0547. The molecule has 20 heavy (non-hydrogen) atoms. The van der Waals surface area contributed by atoms with Crippen LogP contribution in [0.5, 0.6) is 0 Å². The summed E-state index contributed by atoms with van der Waals surface area (Å²) in [5, 5.41) is 10.1. The highest BCUT2D eigenvalue weighted by Crippen LogP contribution is 2.18. The van der Waals surface area contributed by atoms with Gasteiger partial charge in [-0.3, -0.25) is 14.7 Å². The van der Waals surface area contributed by atoms with Crippen LogP contribution in [0.4, 0.5) is 0 Å². The van der Waals surface area contributed by atoms with E-state index in [0.29, 0.717) is 13.0 Å². The van der Waals surface area contributed by atoms with Crippen LogP contribution in [0.15, 0.2) is 6.20 Å². The average molecular weight is 276 g/mol. The lowest BCUT2D eigenvalue weighted by Crippen LogP contribution is -2.47. The van der Waals surface area contributed by atoms with E-state index >= 15 is 0 Å². The topological polar surface area (TPSA) is 78.1 Å². The number of hydrogen-bond donors (Lipinski definition) is 2. The highest BCUT2D eigenvalue weighted by atomic mass is 16.2. The number of aromatic amines is 1. The zero-order valence-electron chi connectivity index (χ0n) is 11.5. The Morgan fingerprint density at radius 2 is 2.35 bits per heavy atom. The standard InChI is InChI=1S/C14H20N4O2/c19-13(9-18-6-2-1-3-14(18)20)16-11-5-4-10-8-15-17-12(10)7-11/h8,11H,1-7,9H2,(H,15,17)(H,16,19). The first-order valence-corrected chi connectivity index (χ1v) is 7.30. The highest BCUT2D eigenvalue weighted by molar-refractivity contribution is 5.85. The third-order valence-electron chi connectivity index (χ3n) is 4.14. The Bertz CT molecular complexity index is 511. The van der Waals surface area contributed by atoms with Crippen LogP contribution in [0.1, 0.15) is 36.9 Å². The molecule has 1 aliphatic carbocycles. The van der Waals surface area contributed by atoms with Gasteiger partial charge in [-0.1, -0.05) is 0 Å². The van der Waals surface area contributed by atoms with Crippen LogP contribution in [-0.4, -0.2) is 46.0 Å². The summed E-state index contributed by atoms with van der Waals surface area (Å²) in [6, 6.07) is 0.148. The van der Waals surface area contributed by atoms with Crippen molar-refractivity contribution < 1.29 is 9.59 Å². The number of nitrogens with one attached hydrogen (secondary N) is 2. The van der Waals surface area contributed by atoms with Crippen molar-refractivity contribution in [2.75, 3.05) is 13.1 Å². The van der Waals surface area contributed by atoms with Crippen LogP contribution in [0.25, 0.3) is 0 Å². The molecule has 2 aliphatic rings. The molecule has 1 atom stereocenters. The first-order valence-electron chi connectivity index (χ1n) is 7.30. The quantitative estimate of drug-likeness (QED) is 0.838. The van der Waals surface area contributed by atoms with Crippen LogP contribution < -0.4 is 5.32 Å². The molecule has 1 unspecified atom stereocenters. The van der Waals surface area contributed by atoms with Crippen molar-refractivity contribution in [3.8, 4) is 0 Å². The number of H-pyrrole nitrogens is 1. The molecule has 0 spiro atoms. The van der Waals surface area contributed by atoms with Gasteiger partial charge >= 0.3 is 0 Å². The predicted molar refractivity (Wildman–Crippen MR) is 73.0 cm³/mol. The third kappa shape index (κ3) is 2.84. The molecule has 2 heterocycles. The second-order valence-electron chi connectivity index (χ2n) is 5.65. The number of likely N-dealkylation sites (tertiary alicyclic amines) is 1. The van der Waals surface area contributed by atoms with Crippen LogP contribution in [0.2, 0.25) is 0 Å². The van der Waals surface area contributed by atoms with Crippen molar-refractivity contribution in [2.24, 2.45) is 0 Å². The molecular formula is C14H20N4O2. The summed E-state index contributed by atoms with van der Waals surface area (Å²) in [6.07, 6.45) is 7.07. The van der Waals surface area contributed by atoms with E-state index in [2.05, 4.69) is 15.5 Å². The molecule has 1 fully saturated rings. The number of nitrogens with zero attached hydrogens (tertiary/aromatic N) is 2. The van der Waals surface area contributed by atoms with E-state index in [-0.39, 0.29) is 24.4 Å². The minimum atomic E-state index is -0.0479. The van der Waals surface area contributed by atoms with Crippen LogP contribution in [-0.2, 0) is 22.4 Å². The molecule has 1 aromatic heterocycles. The summed E-state index contributed by atoms with van der Waals surface area (Å²) >= 11 is 0. The monoisotopic (exact) mass is 276 g/mol. The van der Waals surface area contributed by atoms with Gasteiger partial charge in [0, 0.05) is 31.1 Å². The molecular weight excluding hydrogens is 256 g/mol. The molecule has 0 aromatic carbocycles. The van der Waals surface area contributed by atoms with Gasteiger partial charge in [-0.2, -0.15) is 5.10 Å². The molecule has 2 N–H and O–H groups in total. The Morgan fingerprint density at radius 3 is 3.20 bits per heavy atom. The second-order valence-corrected chi connectivity index (χ2v) is 5.65. The van der Waals surface area contributed by atoms with E-state index in [1.807, 2.05) is 6.20 Å². The summed E-state index contributed by atoms with van der Waals surface area (Å²) in [6.45, 7) is 0.910. The maximum atomic E-state index is 12.0. The van der Waals surface area contributed by atoms with E-state index in [9.17, 15) is 9.59 Å². The lowest BCUT2D eigenvalue weighted by Gasteiger charge is -2.28. The van der Waals surface area contributed by atoms with Gasteiger partial charge in [0.25, 0.3) is 0 Å². The molecule has 0 saturated carbocycles. The largest absolute Gasteiger partial charge is 0.351 e. The molecule has 0 radical (unpaired) electrons. The van der Waals surface area contributed by atoms with Crippen LogP contribution in [0.3, 0.4) is 0 Å². The SMILES string of the molecule is O=C(CN1CCCCC1=O)NC1CCc2cn[nH]c2C1. The molecule has 108 valence electrons. The summed E-state index contributed by atoms with van der Waals surface area (Å²) < 4.78 is 0. The number of fused-ring (bicyclic) bond motifs is 1. The van der Waals surface area contributed by atoms with E-state index in [1.54, 1.807) is 4.90 Å². The minimum Gasteiger partial charge on any atom is -0.351 e. The van der Waals surface area contributed by atoms with Gasteiger partial charge in [0.05, 0.1) is 12.7 Å². The maximum Gasteiger partial charge on any atom is 0.239 e. The van der Waals surface area contributed by atoms with Crippen LogP contribution in [0, 0.1) is 0 Å². The first kappa shape index (κ1) is 13.1. The lowest BCUT2D eigenvalue weighted by molar-refractivity contribution is -0.138. The normalized spacial score (nSPS) is 22.5. The van der Waals surface area contributed by atoms with Gasteiger partial charge in [-0.25, -0.2) is 0 Å². The fourth-order valence-corrected chi connectivity index (χ4v) is 3.01. The fraction of sp³-hybridized carbons (Fsp3) is 0.643. The molecule has 0 bridgehead atoms. The van der Waals surface area contributed by atoms with E-state index in [1.165, 1.54) is 5.56 Å². The van der Waals surface area contributed by atoms with Gasteiger partial charge in [0.2, 0.25) is 11.8 Å². The molecule has 3 rings (SSSR count). The van der Waals surface area contributed by atoms with Crippen molar-refractivity contribution in [1.82, 2.24) is 20.4 Å². The van der Waals surface area contributed by atoms with E-state index < -0.39 is 0 Å². The van der Waals surface area contributed by atoms with Crippen molar-refractivity contribution in [1.29, 1.82) is 0 Å². The second kappa shape index (κ2) is 5.64. The molecule has 6 nitrogen and oxygen atoms in total. The Hall–Kier alpha value is -1.85. The number of hydrogen-bond acceptors (Lipinski definition) is 3. The number of aromatic nitrogens is 2. The Kier molecular flexibility index (Phi) is 3.71. The number of carbonyl (C=O) groups excluding carboxylic acids is 2. The number of carbonyl (C=O) groups is 2. The molecule has 2 amide bonds. The highest BCUT2D eigenvalue weighted by Gasteiger charge is 2.24. The van der Waals surface area contributed by atoms with Gasteiger partial charge in [-0.15, -0.1) is 0 Å². The smallest absolute Gasteiger partial charge is 0.239 e. The Balaban J connectivity index is 1.51. The predicted octanol–water partition coefficient (Wildman–Crippen LogP) is 0.396. The van der Waals surface area contributed by atoms with Crippen LogP contribution >= 0.6 is 0 Å². The summed E-state index contributed by atoms with van der Waals surface area (Å²) in [4.78, 5) is 25.4. The molecule has 1 saturated heterocycles. The first-order chi connectivity index (χ1) is 9.72. The summed E-state index contributed by atoms with van der Waals surface area (Å²) in [5.41, 5.74) is 2.37. The molecule has 1 aromatic rings. The maximum absolute atomic E-state index is 12.0. The van der Waals surface area contributed by atoms with Crippen molar-refractivity contribution in [3.05, 3.63) is 17.5 Å². The zero-order valence-corrected chi connectivity index (χ0v) is 11.5. The van der Waals surface area contributed by atoms with Crippen molar-refractivity contribution in [3.63, 3.8) is 0 Å². The molecule has 1 aliphatic heterocycles. The number of piperidine rings is 1. The van der Waals surface area contributed by atoms with Gasteiger partial charge in [0.15, 0.2) is 0 Å². The van der Waals surface area contributed by atoms with Gasteiger partial charge < -0.3 is 10.2 Å². The number of amides is 2. The number of rotatable bonds is 3. The fourth-order valence-electron chi connectivity index (χ4n) is 3.01. The van der Waals surface area contributed by atoms with E-state index in [4.69, 9.17) is 0 Å². The lowest BCUT2D eigenvalue weighted by atomic mass is 9.94. The van der Waals surface area contributed by atoms with Gasteiger partial charge in [-0.05, 0) is 31.2 Å². The minimum absolute atomic E-state index is 0.0479.